The summed E-state index contributed by atoms with van der Waals surface area (Å²) in [6.07, 6.45) is -3.10. The van der Waals surface area contributed by atoms with Crippen molar-refractivity contribution in [2.24, 2.45) is 0 Å². The van der Waals surface area contributed by atoms with Gasteiger partial charge in [0.05, 0.1) is 6.20 Å². The van der Waals surface area contributed by atoms with Crippen LogP contribution in [0.5, 0.6) is 0 Å². The van der Waals surface area contributed by atoms with Gasteiger partial charge in [0.1, 0.15) is 10.8 Å². The Balaban J connectivity index is 2.05. The van der Waals surface area contributed by atoms with Crippen LogP contribution >= 0.6 is 11.6 Å². The van der Waals surface area contributed by atoms with E-state index >= 15 is 0 Å². The lowest BCUT2D eigenvalue weighted by Crippen LogP contribution is -2.10. The van der Waals surface area contributed by atoms with Crippen LogP contribution in [-0.2, 0) is 6.18 Å². The van der Waals surface area contributed by atoms with Crippen LogP contribution in [0.4, 0.5) is 13.2 Å². The van der Waals surface area contributed by atoms with Crippen molar-refractivity contribution in [2.75, 3.05) is 0 Å². The Labute approximate surface area is 139 Å². The average molecular weight is 348 g/mol. The highest BCUT2D eigenvalue weighted by Gasteiger charge is 2.34. The normalized spacial score (nSPS) is 12.2. The van der Waals surface area contributed by atoms with Gasteiger partial charge in [0.25, 0.3) is 0 Å². The molecule has 0 saturated heterocycles. The van der Waals surface area contributed by atoms with Gasteiger partial charge < -0.3 is 0 Å². The maximum atomic E-state index is 13.0. The second-order valence-electron chi connectivity index (χ2n) is 5.28. The third-order valence-corrected chi connectivity index (χ3v) is 4.07. The van der Waals surface area contributed by atoms with Crippen molar-refractivity contribution in [1.29, 1.82) is 0 Å². The Morgan fingerprint density at radius 2 is 1.71 bits per heavy atom. The predicted molar refractivity (Wildman–Crippen MR) is 85.9 cm³/mol. The van der Waals surface area contributed by atoms with Crippen LogP contribution in [0.1, 0.15) is 5.69 Å². The number of rotatable bonds is 1. The molecule has 2 aromatic carbocycles. The summed E-state index contributed by atoms with van der Waals surface area (Å²) in [6, 6.07) is 14.0. The molecule has 0 N–H and O–H groups in total. The molecule has 0 bridgehead atoms. The highest BCUT2D eigenvalue weighted by Crippen LogP contribution is 2.34. The summed E-state index contributed by atoms with van der Waals surface area (Å²) < 4.78 is 40.3. The van der Waals surface area contributed by atoms with E-state index in [0.29, 0.717) is 5.56 Å². The molecule has 0 radical (unpaired) electrons. The predicted octanol–water partition coefficient (Wildman–Crippen LogP) is 5.22. The zero-order valence-electron chi connectivity index (χ0n) is 12.0. The van der Waals surface area contributed by atoms with Gasteiger partial charge in [0, 0.05) is 11.6 Å². The molecule has 4 aromatic rings. The number of alkyl halides is 3. The number of fused-ring (bicyclic) bond motifs is 2. The van der Waals surface area contributed by atoms with E-state index in [-0.39, 0.29) is 10.8 Å². The number of aromatic nitrogens is 3. The van der Waals surface area contributed by atoms with Crippen molar-refractivity contribution >= 4 is 28.0 Å². The van der Waals surface area contributed by atoms with Gasteiger partial charge in [-0.1, -0.05) is 54.1 Å². The van der Waals surface area contributed by atoms with Crippen LogP contribution in [0, 0.1) is 0 Å². The van der Waals surface area contributed by atoms with E-state index in [1.165, 1.54) is 10.7 Å². The highest BCUT2D eigenvalue weighted by molar-refractivity contribution is 6.29. The fourth-order valence-electron chi connectivity index (χ4n) is 2.72. The molecule has 0 unspecified atom stereocenters. The molecule has 0 aliphatic heterocycles. The van der Waals surface area contributed by atoms with Crippen molar-refractivity contribution in [1.82, 2.24) is 14.6 Å². The Hall–Kier alpha value is -2.60. The van der Waals surface area contributed by atoms with Gasteiger partial charge in [-0.25, -0.2) is 9.50 Å². The SMILES string of the molecule is FC(F)(F)c1cc(Cl)n2ncc(-c3cccc4ccccc34)c2n1. The van der Waals surface area contributed by atoms with E-state index in [0.717, 1.165) is 22.4 Å². The zero-order chi connectivity index (χ0) is 16.9. The first kappa shape index (κ1) is 15.0. The summed E-state index contributed by atoms with van der Waals surface area (Å²) >= 11 is 5.95. The van der Waals surface area contributed by atoms with Crippen molar-refractivity contribution in [3.63, 3.8) is 0 Å². The quantitative estimate of drug-likeness (QED) is 0.442. The first-order valence-corrected chi connectivity index (χ1v) is 7.42. The molecule has 120 valence electrons. The Morgan fingerprint density at radius 1 is 0.958 bits per heavy atom. The number of hydrogen-bond acceptors (Lipinski definition) is 2. The molecular formula is C17H9ClF3N3. The summed E-state index contributed by atoms with van der Waals surface area (Å²) in [4.78, 5) is 3.74. The molecule has 0 spiro atoms. The van der Waals surface area contributed by atoms with E-state index in [4.69, 9.17) is 11.6 Å². The van der Waals surface area contributed by atoms with Crippen LogP contribution in [0.15, 0.2) is 54.7 Å². The maximum Gasteiger partial charge on any atom is 0.433 e. The zero-order valence-corrected chi connectivity index (χ0v) is 12.8. The minimum absolute atomic E-state index is 0.0752. The monoisotopic (exact) mass is 347 g/mol. The minimum atomic E-state index is -4.58. The van der Waals surface area contributed by atoms with Gasteiger partial charge in [-0.05, 0) is 16.3 Å². The third-order valence-electron chi connectivity index (χ3n) is 3.80. The van der Waals surface area contributed by atoms with E-state index in [1.807, 2.05) is 42.5 Å². The van der Waals surface area contributed by atoms with Crippen molar-refractivity contribution < 1.29 is 13.2 Å². The van der Waals surface area contributed by atoms with Crippen LogP contribution in [0.3, 0.4) is 0 Å². The highest BCUT2D eigenvalue weighted by atomic mass is 35.5. The van der Waals surface area contributed by atoms with Crippen LogP contribution in [-0.4, -0.2) is 14.6 Å². The maximum absolute atomic E-state index is 13.0. The topological polar surface area (TPSA) is 30.2 Å². The fourth-order valence-corrected chi connectivity index (χ4v) is 2.95. The molecule has 0 aliphatic carbocycles. The molecule has 0 aliphatic rings. The van der Waals surface area contributed by atoms with Crippen molar-refractivity contribution in [2.45, 2.75) is 6.18 Å². The Morgan fingerprint density at radius 3 is 2.50 bits per heavy atom. The van der Waals surface area contributed by atoms with Gasteiger partial charge >= 0.3 is 6.18 Å². The standard InChI is InChI=1S/C17H9ClF3N3/c18-15-8-14(17(19,20)21)23-16-13(9-22-24(15)16)12-7-3-5-10-4-1-2-6-11(10)12/h1-9H. The lowest BCUT2D eigenvalue weighted by Gasteiger charge is -2.09. The molecule has 7 heteroatoms. The molecule has 0 saturated carbocycles. The Bertz CT molecular complexity index is 1060. The molecule has 0 amide bonds. The number of benzene rings is 2. The minimum Gasteiger partial charge on any atom is -0.223 e. The summed E-state index contributed by atoms with van der Waals surface area (Å²) in [5.41, 5.74) is 0.291. The van der Waals surface area contributed by atoms with E-state index in [9.17, 15) is 13.2 Å². The second-order valence-corrected chi connectivity index (χ2v) is 5.67. The summed E-state index contributed by atoms with van der Waals surface area (Å²) in [5, 5.41) is 5.83. The van der Waals surface area contributed by atoms with Crippen LogP contribution in [0.2, 0.25) is 5.15 Å². The molecule has 0 fully saturated rings. The smallest absolute Gasteiger partial charge is 0.223 e. The van der Waals surface area contributed by atoms with Gasteiger partial charge in [0.2, 0.25) is 0 Å². The molecule has 3 nitrogen and oxygen atoms in total. The largest absolute Gasteiger partial charge is 0.433 e. The Kier molecular flexibility index (Phi) is 3.25. The van der Waals surface area contributed by atoms with Gasteiger partial charge in [-0.3, -0.25) is 0 Å². The summed E-state index contributed by atoms with van der Waals surface area (Å²) in [6.45, 7) is 0. The van der Waals surface area contributed by atoms with Crippen molar-refractivity contribution in [3.05, 3.63) is 65.6 Å². The van der Waals surface area contributed by atoms with E-state index in [1.54, 1.807) is 0 Å². The second kappa shape index (κ2) is 5.21. The van der Waals surface area contributed by atoms with E-state index in [2.05, 4.69) is 10.1 Å². The molecule has 0 atom stereocenters. The molecule has 2 heterocycles. The summed E-state index contributed by atoms with van der Waals surface area (Å²) in [5.74, 6) is 0. The first-order chi connectivity index (χ1) is 11.4. The van der Waals surface area contributed by atoms with Gasteiger partial charge in [0.15, 0.2) is 5.65 Å². The van der Waals surface area contributed by atoms with E-state index < -0.39 is 11.9 Å². The number of hydrogen-bond donors (Lipinski definition) is 0. The summed E-state index contributed by atoms with van der Waals surface area (Å²) in [7, 11) is 0. The molecule has 24 heavy (non-hydrogen) atoms. The van der Waals surface area contributed by atoms with Gasteiger partial charge in [-0.15, -0.1) is 0 Å². The number of halogens is 4. The average Bonchev–Trinajstić information content (AvgIpc) is 2.98. The molecule has 2 aromatic heterocycles. The fraction of sp³-hybridized carbons (Fsp3) is 0.0588. The molecular weight excluding hydrogens is 339 g/mol. The number of nitrogens with zero attached hydrogens (tertiary/aromatic N) is 3. The van der Waals surface area contributed by atoms with Crippen LogP contribution in [0.25, 0.3) is 27.5 Å². The van der Waals surface area contributed by atoms with Crippen LogP contribution < -0.4 is 0 Å². The van der Waals surface area contributed by atoms with Crippen molar-refractivity contribution in [3.8, 4) is 11.1 Å². The molecule has 4 rings (SSSR count). The lowest BCUT2D eigenvalue weighted by molar-refractivity contribution is -0.141. The third kappa shape index (κ3) is 2.30. The van der Waals surface area contributed by atoms with Gasteiger partial charge in [-0.2, -0.15) is 18.3 Å². The first-order valence-electron chi connectivity index (χ1n) is 7.05. The lowest BCUT2D eigenvalue weighted by atomic mass is 10.0.